The van der Waals surface area contributed by atoms with Crippen molar-refractivity contribution in [2.24, 2.45) is 0 Å². The molecule has 0 aromatic heterocycles. The third-order valence-electron chi connectivity index (χ3n) is 4.05. The Hall–Kier alpha value is -2.16. The van der Waals surface area contributed by atoms with Gasteiger partial charge in [0.25, 0.3) is 0 Å². The molecular formula is C19H20FNO. The van der Waals surface area contributed by atoms with Gasteiger partial charge in [0.2, 0.25) is 5.91 Å². The van der Waals surface area contributed by atoms with Crippen LogP contribution in [0, 0.1) is 12.7 Å². The number of aryl methyl sites for hydroxylation is 1. The maximum absolute atomic E-state index is 13.0. The standard InChI is InChI=1S/C19H20FNO/c1-14-2-4-15(5-3-14)12-19(22)21(18-10-11-18)13-16-6-8-17(20)9-7-16/h2-9,18H,10-13H2,1H3. The molecule has 0 N–H and O–H groups in total. The smallest absolute Gasteiger partial charge is 0.227 e. The lowest BCUT2D eigenvalue weighted by Gasteiger charge is -2.23. The van der Waals surface area contributed by atoms with Gasteiger partial charge in [-0.3, -0.25) is 4.79 Å². The second-order valence-electron chi connectivity index (χ2n) is 6.04. The molecule has 1 amide bonds. The molecule has 22 heavy (non-hydrogen) atoms. The number of hydrogen-bond donors (Lipinski definition) is 0. The summed E-state index contributed by atoms with van der Waals surface area (Å²) >= 11 is 0. The lowest BCUT2D eigenvalue weighted by atomic mass is 10.1. The van der Waals surface area contributed by atoms with E-state index in [4.69, 9.17) is 0 Å². The topological polar surface area (TPSA) is 20.3 Å². The molecule has 3 heteroatoms. The van der Waals surface area contributed by atoms with E-state index >= 15 is 0 Å². The largest absolute Gasteiger partial charge is 0.335 e. The summed E-state index contributed by atoms with van der Waals surface area (Å²) < 4.78 is 13.0. The molecule has 0 spiro atoms. The summed E-state index contributed by atoms with van der Waals surface area (Å²) in [5, 5.41) is 0. The minimum atomic E-state index is -0.243. The molecule has 1 aliphatic carbocycles. The summed E-state index contributed by atoms with van der Waals surface area (Å²) in [4.78, 5) is 14.5. The molecular weight excluding hydrogens is 277 g/mol. The lowest BCUT2D eigenvalue weighted by Crippen LogP contribution is -2.33. The molecule has 3 rings (SSSR count). The average molecular weight is 297 g/mol. The van der Waals surface area contributed by atoms with E-state index in [1.165, 1.54) is 17.7 Å². The SMILES string of the molecule is Cc1ccc(CC(=O)N(Cc2ccc(F)cc2)C2CC2)cc1. The van der Waals surface area contributed by atoms with Crippen molar-refractivity contribution in [3.05, 3.63) is 71.0 Å². The van der Waals surface area contributed by atoms with Gasteiger partial charge in [0.1, 0.15) is 5.82 Å². The van der Waals surface area contributed by atoms with Gasteiger partial charge in [-0.25, -0.2) is 4.39 Å². The van der Waals surface area contributed by atoms with E-state index in [0.717, 1.165) is 24.0 Å². The zero-order valence-corrected chi connectivity index (χ0v) is 12.8. The molecule has 0 radical (unpaired) electrons. The molecule has 1 saturated carbocycles. The van der Waals surface area contributed by atoms with Gasteiger partial charge in [0, 0.05) is 12.6 Å². The van der Waals surface area contributed by atoms with Gasteiger partial charge in [-0.15, -0.1) is 0 Å². The van der Waals surface area contributed by atoms with Crippen LogP contribution in [0.4, 0.5) is 4.39 Å². The first-order chi connectivity index (χ1) is 10.6. The molecule has 0 bridgehead atoms. The molecule has 1 fully saturated rings. The van der Waals surface area contributed by atoms with Crippen LogP contribution in [0.15, 0.2) is 48.5 Å². The fraction of sp³-hybridized carbons (Fsp3) is 0.316. The fourth-order valence-electron chi connectivity index (χ4n) is 2.58. The molecule has 2 aromatic rings. The summed E-state index contributed by atoms with van der Waals surface area (Å²) in [7, 11) is 0. The van der Waals surface area contributed by atoms with Crippen molar-refractivity contribution in [1.29, 1.82) is 0 Å². The number of nitrogens with zero attached hydrogens (tertiary/aromatic N) is 1. The molecule has 114 valence electrons. The Morgan fingerprint density at radius 1 is 1.05 bits per heavy atom. The molecule has 0 unspecified atom stereocenters. The van der Waals surface area contributed by atoms with E-state index in [0.29, 0.717) is 19.0 Å². The number of carbonyl (C=O) groups is 1. The third kappa shape index (κ3) is 3.73. The van der Waals surface area contributed by atoms with E-state index in [2.05, 4.69) is 0 Å². The van der Waals surface area contributed by atoms with Gasteiger partial charge in [0.15, 0.2) is 0 Å². The Kier molecular flexibility index (Phi) is 4.23. The van der Waals surface area contributed by atoms with Crippen molar-refractivity contribution in [1.82, 2.24) is 4.90 Å². The van der Waals surface area contributed by atoms with Crippen LogP contribution in [0.1, 0.15) is 29.5 Å². The van der Waals surface area contributed by atoms with Crippen molar-refractivity contribution in [2.45, 2.75) is 38.8 Å². The third-order valence-corrected chi connectivity index (χ3v) is 4.05. The van der Waals surface area contributed by atoms with Crippen LogP contribution in [-0.2, 0) is 17.8 Å². The zero-order valence-electron chi connectivity index (χ0n) is 12.8. The van der Waals surface area contributed by atoms with Gasteiger partial charge >= 0.3 is 0 Å². The molecule has 0 atom stereocenters. The second kappa shape index (κ2) is 6.30. The number of benzene rings is 2. The highest BCUT2D eigenvalue weighted by Crippen LogP contribution is 2.29. The van der Waals surface area contributed by atoms with Crippen LogP contribution >= 0.6 is 0 Å². The summed E-state index contributed by atoms with van der Waals surface area (Å²) in [5.41, 5.74) is 3.22. The summed E-state index contributed by atoms with van der Waals surface area (Å²) in [6, 6.07) is 14.8. The van der Waals surface area contributed by atoms with E-state index in [9.17, 15) is 9.18 Å². The van der Waals surface area contributed by atoms with E-state index < -0.39 is 0 Å². The highest BCUT2D eigenvalue weighted by molar-refractivity contribution is 5.79. The van der Waals surface area contributed by atoms with Crippen LogP contribution < -0.4 is 0 Å². The maximum Gasteiger partial charge on any atom is 0.227 e. The highest BCUT2D eigenvalue weighted by Gasteiger charge is 2.32. The summed E-state index contributed by atoms with van der Waals surface area (Å²) in [6.45, 7) is 2.60. The first kappa shape index (κ1) is 14.8. The lowest BCUT2D eigenvalue weighted by molar-refractivity contribution is -0.131. The number of carbonyl (C=O) groups excluding carboxylic acids is 1. The maximum atomic E-state index is 13.0. The van der Waals surface area contributed by atoms with Crippen LogP contribution in [0.5, 0.6) is 0 Å². The Balaban J connectivity index is 1.69. The highest BCUT2D eigenvalue weighted by atomic mass is 19.1. The molecule has 0 heterocycles. The molecule has 2 nitrogen and oxygen atoms in total. The number of hydrogen-bond acceptors (Lipinski definition) is 1. The van der Waals surface area contributed by atoms with Gasteiger partial charge in [0.05, 0.1) is 6.42 Å². The van der Waals surface area contributed by atoms with E-state index in [-0.39, 0.29) is 11.7 Å². The number of rotatable bonds is 5. The minimum absolute atomic E-state index is 0.149. The molecule has 0 aliphatic heterocycles. The van der Waals surface area contributed by atoms with Crippen molar-refractivity contribution in [3.63, 3.8) is 0 Å². The first-order valence-corrected chi connectivity index (χ1v) is 7.71. The Morgan fingerprint density at radius 2 is 1.64 bits per heavy atom. The predicted octanol–water partition coefficient (Wildman–Crippen LogP) is 3.87. The molecule has 1 aliphatic rings. The number of halogens is 1. The van der Waals surface area contributed by atoms with Gasteiger partial charge in [-0.1, -0.05) is 42.0 Å². The van der Waals surface area contributed by atoms with Crippen molar-refractivity contribution >= 4 is 5.91 Å². The van der Waals surface area contributed by atoms with E-state index in [1.807, 2.05) is 36.1 Å². The minimum Gasteiger partial charge on any atom is -0.335 e. The Bertz CT molecular complexity index is 644. The van der Waals surface area contributed by atoms with Crippen LogP contribution in [0.25, 0.3) is 0 Å². The van der Waals surface area contributed by atoms with Gasteiger partial charge < -0.3 is 4.90 Å². The summed E-state index contributed by atoms with van der Waals surface area (Å²) in [6.07, 6.45) is 2.57. The van der Waals surface area contributed by atoms with Crippen molar-refractivity contribution < 1.29 is 9.18 Å². The van der Waals surface area contributed by atoms with Gasteiger partial charge in [-0.05, 0) is 43.0 Å². The average Bonchev–Trinajstić information content (AvgIpc) is 3.33. The zero-order chi connectivity index (χ0) is 15.5. The van der Waals surface area contributed by atoms with Crippen molar-refractivity contribution in [2.75, 3.05) is 0 Å². The van der Waals surface area contributed by atoms with Crippen LogP contribution in [-0.4, -0.2) is 16.8 Å². The molecule has 0 saturated heterocycles. The monoisotopic (exact) mass is 297 g/mol. The van der Waals surface area contributed by atoms with Crippen molar-refractivity contribution in [3.8, 4) is 0 Å². The van der Waals surface area contributed by atoms with Gasteiger partial charge in [-0.2, -0.15) is 0 Å². The van der Waals surface area contributed by atoms with E-state index in [1.54, 1.807) is 12.1 Å². The van der Waals surface area contributed by atoms with Crippen LogP contribution in [0.3, 0.4) is 0 Å². The number of amides is 1. The van der Waals surface area contributed by atoms with Crippen LogP contribution in [0.2, 0.25) is 0 Å². The first-order valence-electron chi connectivity index (χ1n) is 7.71. The summed E-state index contributed by atoms with van der Waals surface area (Å²) in [5.74, 6) is -0.0941. The molecule has 2 aromatic carbocycles. The second-order valence-corrected chi connectivity index (χ2v) is 6.04. The fourth-order valence-corrected chi connectivity index (χ4v) is 2.58. The quantitative estimate of drug-likeness (QED) is 0.820. The Morgan fingerprint density at radius 3 is 2.23 bits per heavy atom. The predicted molar refractivity (Wildman–Crippen MR) is 84.9 cm³/mol. The normalized spacial score (nSPS) is 13.9. The Labute approximate surface area is 130 Å².